The van der Waals surface area contributed by atoms with Gasteiger partial charge in [-0.05, 0) is 39.0 Å². The third-order valence-corrected chi connectivity index (χ3v) is 6.26. The molecule has 0 spiro atoms. The van der Waals surface area contributed by atoms with Crippen molar-refractivity contribution in [3.05, 3.63) is 11.6 Å². The van der Waals surface area contributed by atoms with Crippen LogP contribution in [0.2, 0.25) is 0 Å². The summed E-state index contributed by atoms with van der Waals surface area (Å²) < 4.78 is 7.19. The van der Waals surface area contributed by atoms with E-state index in [0.29, 0.717) is 18.6 Å². The normalized spacial score (nSPS) is 19.5. The number of hydrogen-bond acceptors (Lipinski definition) is 5. The van der Waals surface area contributed by atoms with Gasteiger partial charge in [0.25, 0.3) is 0 Å². The molecule has 2 N–H and O–H groups in total. The van der Waals surface area contributed by atoms with Crippen molar-refractivity contribution in [2.24, 2.45) is 12.0 Å². The molecule has 30 heavy (non-hydrogen) atoms. The fourth-order valence-corrected chi connectivity index (χ4v) is 4.24. The van der Waals surface area contributed by atoms with E-state index in [-0.39, 0.29) is 24.0 Å². The van der Waals surface area contributed by atoms with Crippen LogP contribution in [0, 0.1) is 6.92 Å². The van der Waals surface area contributed by atoms with Gasteiger partial charge in [-0.3, -0.25) is 0 Å². The summed E-state index contributed by atoms with van der Waals surface area (Å²) in [5.74, 6) is 2.77. The number of hydrogen-bond donors (Lipinski definition) is 2. The summed E-state index contributed by atoms with van der Waals surface area (Å²) in [6, 6.07) is 1.01. The molecule has 1 aromatic rings. The van der Waals surface area contributed by atoms with Gasteiger partial charge < -0.3 is 24.8 Å². The van der Waals surface area contributed by atoms with Crippen LogP contribution < -0.4 is 10.6 Å². The number of rotatable bonds is 8. The lowest BCUT2D eigenvalue weighted by molar-refractivity contribution is 0.155. The minimum absolute atomic E-state index is 0. The van der Waals surface area contributed by atoms with Gasteiger partial charge in [-0.2, -0.15) is 0 Å². The second-order valence-electron chi connectivity index (χ2n) is 8.47. The molecule has 0 aromatic carbocycles. The molecule has 172 valence electrons. The van der Waals surface area contributed by atoms with Crippen LogP contribution in [0.1, 0.15) is 63.0 Å². The zero-order valence-electron chi connectivity index (χ0n) is 18.9. The molecule has 2 heterocycles. The van der Waals surface area contributed by atoms with Crippen molar-refractivity contribution in [3.8, 4) is 0 Å². The molecular weight excluding hydrogens is 493 g/mol. The van der Waals surface area contributed by atoms with E-state index in [4.69, 9.17) is 9.73 Å². The number of nitrogens with one attached hydrogen (secondary N) is 2. The number of ether oxygens (including phenoxy) is 1. The summed E-state index contributed by atoms with van der Waals surface area (Å²) in [5, 5.41) is 15.8. The predicted molar refractivity (Wildman–Crippen MR) is 131 cm³/mol. The number of aromatic nitrogens is 3. The fraction of sp³-hybridized carbons (Fsp3) is 0.857. The molecule has 3 rings (SSSR count). The molecule has 1 aliphatic carbocycles. The number of guanidine groups is 1. The van der Waals surface area contributed by atoms with E-state index >= 15 is 0 Å². The van der Waals surface area contributed by atoms with Crippen molar-refractivity contribution < 1.29 is 4.74 Å². The summed E-state index contributed by atoms with van der Waals surface area (Å²) in [5.41, 5.74) is 0. The molecule has 2 fully saturated rings. The van der Waals surface area contributed by atoms with Crippen LogP contribution in [0.4, 0.5) is 0 Å². The number of likely N-dealkylation sites (tertiary alicyclic amines) is 1. The highest BCUT2D eigenvalue weighted by atomic mass is 127. The Morgan fingerprint density at radius 2 is 1.73 bits per heavy atom. The Kier molecular flexibility index (Phi) is 11.4. The molecule has 0 atom stereocenters. The third-order valence-electron chi connectivity index (χ3n) is 6.26. The first-order chi connectivity index (χ1) is 14.2. The molecule has 1 aromatic heterocycles. The Hall–Kier alpha value is -0.940. The zero-order valence-corrected chi connectivity index (χ0v) is 21.2. The van der Waals surface area contributed by atoms with Crippen LogP contribution in [0.3, 0.4) is 0 Å². The van der Waals surface area contributed by atoms with Crippen molar-refractivity contribution in [2.75, 3.05) is 33.4 Å². The molecule has 1 aliphatic heterocycles. The van der Waals surface area contributed by atoms with Gasteiger partial charge in [-0.15, -0.1) is 34.2 Å². The van der Waals surface area contributed by atoms with Crippen LogP contribution in [0.5, 0.6) is 0 Å². The predicted octanol–water partition coefficient (Wildman–Crippen LogP) is 2.61. The van der Waals surface area contributed by atoms with E-state index in [1.165, 1.54) is 32.1 Å². The van der Waals surface area contributed by atoms with E-state index < -0.39 is 0 Å². The highest BCUT2D eigenvalue weighted by molar-refractivity contribution is 14.0. The maximum absolute atomic E-state index is 5.18. The fourth-order valence-electron chi connectivity index (χ4n) is 4.24. The van der Waals surface area contributed by atoms with Gasteiger partial charge >= 0.3 is 0 Å². The van der Waals surface area contributed by atoms with E-state index in [2.05, 4.69) is 25.7 Å². The van der Waals surface area contributed by atoms with Crippen molar-refractivity contribution >= 4 is 29.9 Å². The summed E-state index contributed by atoms with van der Waals surface area (Å²) >= 11 is 0. The summed E-state index contributed by atoms with van der Waals surface area (Å²) in [4.78, 5) is 7.42. The largest absolute Gasteiger partial charge is 0.385 e. The molecular formula is C21H40IN7O. The number of methoxy groups -OCH3 is 1. The minimum atomic E-state index is 0. The second kappa shape index (κ2) is 13.5. The average Bonchev–Trinajstić information content (AvgIpc) is 3.06. The second-order valence-corrected chi connectivity index (χ2v) is 8.47. The standard InChI is InChI=1S/C21H39N7O.HI/c1-17-25-26-20(27(17)2)16-22-21(23-18-8-5-4-6-9-18)24-19-10-13-28(14-11-19)12-7-15-29-3;/h18-19H,4-16H2,1-3H3,(H2,22,23,24);1H. The van der Waals surface area contributed by atoms with E-state index in [9.17, 15) is 0 Å². The Balaban J connectivity index is 0.00000320. The summed E-state index contributed by atoms with van der Waals surface area (Å²) in [7, 11) is 3.78. The van der Waals surface area contributed by atoms with Gasteiger partial charge in [0.1, 0.15) is 12.4 Å². The van der Waals surface area contributed by atoms with Crippen molar-refractivity contribution in [1.29, 1.82) is 0 Å². The van der Waals surface area contributed by atoms with Crippen LogP contribution in [-0.4, -0.2) is 71.1 Å². The van der Waals surface area contributed by atoms with Gasteiger partial charge in [0.2, 0.25) is 0 Å². The average molecular weight is 534 g/mol. The summed E-state index contributed by atoms with van der Waals surface area (Å²) in [6.07, 6.45) is 9.88. The number of halogens is 1. The lowest BCUT2D eigenvalue weighted by Gasteiger charge is -2.34. The lowest BCUT2D eigenvalue weighted by Crippen LogP contribution is -2.51. The third kappa shape index (κ3) is 7.96. The number of aliphatic imine (C=N–C) groups is 1. The topological polar surface area (TPSA) is 79.6 Å². The van der Waals surface area contributed by atoms with Gasteiger partial charge in [-0.1, -0.05) is 19.3 Å². The highest BCUT2D eigenvalue weighted by Gasteiger charge is 2.21. The van der Waals surface area contributed by atoms with Crippen molar-refractivity contribution in [3.63, 3.8) is 0 Å². The molecule has 0 radical (unpaired) electrons. The first kappa shape index (κ1) is 25.3. The quantitative estimate of drug-likeness (QED) is 0.232. The smallest absolute Gasteiger partial charge is 0.192 e. The Morgan fingerprint density at radius 3 is 2.33 bits per heavy atom. The molecule has 0 unspecified atom stereocenters. The van der Waals surface area contributed by atoms with E-state index in [0.717, 1.165) is 63.1 Å². The van der Waals surface area contributed by atoms with Crippen molar-refractivity contribution in [1.82, 2.24) is 30.3 Å². The number of nitrogens with zero attached hydrogens (tertiary/aromatic N) is 5. The van der Waals surface area contributed by atoms with Gasteiger partial charge in [-0.25, -0.2) is 4.99 Å². The number of aryl methyl sites for hydroxylation is 1. The molecule has 1 saturated carbocycles. The van der Waals surface area contributed by atoms with E-state index in [1.54, 1.807) is 7.11 Å². The number of piperidine rings is 1. The Morgan fingerprint density at radius 1 is 1.07 bits per heavy atom. The Labute approximate surface area is 198 Å². The van der Waals surface area contributed by atoms with Crippen molar-refractivity contribution in [2.45, 2.75) is 76.9 Å². The molecule has 8 nitrogen and oxygen atoms in total. The first-order valence-corrected chi connectivity index (χ1v) is 11.3. The molecule has 0 bridgehead atoms. The summed E-state index contributed by atoms with van der Waals surface area (Å²) in [6.45, 7) is 6.78. The van der Waals surface area contributed by atoms with Gasteiger partial charge in [0.05, 0.1) is 0 Å². The van der Waals surface area contributed by atoms with Crippen LogP contribution in [-0.2, 0) is 18.3 Å². The van der Waals surface area contributed by atoms with Crippen LogP contribution in [0.25, 0.3) is 0 Å². The zero-order chi connectivity index (χ0) is 20.5. The minimum Gasteiger partial charge on any atom is -0.385 e. The maximum atomic E-state index is 5.18. The molecule has 0 amide bonds. The monoisotopic (exact) mass is 533 g/mol. The van der Waals surface area contributed by atoms with Gasteiger partial charge in [0.15, 0.2) is 11.8 Å². The molecule has 2 aliphatic rings. The van der Waals surface area contributed by atoms with Crippen LogP contribution >= 0.6 is 24.0 Å². The first-order valence-electron chi connectivity index (χ1n) is 11.3. The van der Waals surface area contributed by atoms with Gasteiger partial charge in [0, 0.05) is 52.5 Å². The molecule has 1 saturated heterocycles. The van der Waals surface area contributed by atoms with Crippen LogP contribution in [0.15, 0.2) is 4.99 Å². The molecule has 9 heteroatoms. The highest BCUT2D eigenvalue weighted by Crippen LogP contribution is 2.17. The maximum Gasteiger partial charge on any atom is 0.192 e. The Bertz CT molecular complexity index is 637. The lowest BCUT2D eigenvalue weighted by atomic mass is 9.95. The SMILES string of the molecule is COCCCN1CCC(NC(=NCc2nnc(C)n2C)NC2CCCCC2)CC1.I. The van der Waals surface area contributed by atoms with E-state index in [1.807, 2.05) is 18.5 Å².